The van der Waals surface area contributed by atoms with Crippen LogP contribution in [0.2, 0.25) is 0 Å². The van der Waals surface area contributed by atoms with Crippen LogP contribution in [-0.4, -0.2) is 37.4 Å². The fourth-order valence-corrected chi connectivity index (χ4v) is 5.52. The van der Waals surface area contributed by atoms with Gasteiger partial charge in [0.25, 0.3) is 0 Å². The van der Waals surface area contributed by atoms with E-state index < -0.39 is 10.0 Å². The third-order valence-corrected chi connectivity index (χ3v) is 7.71. The third kappa shape index (κ3) is 4.23. The third-order valence-electron chi connectivity index (χ3n) is 5.80. The summed E-state index contributed by atoms with van der Waals surface area (Å²) in [5, 5.41) is 0.884. The maximum atomic E-state index is 13.7. The standard InChI is InChI=1S/C23H27FN2O3S/c1-2-3-14-29-19-5-7-20(8-6-19)30(27,28)26-12-10-17(11-13-26)22-16-25-23-9-4-18(24)15-21(22)23/h4-9,15-17,25H,2-3,10-14H2,1H3. The van der Waals surface area contributed by atoms with E-state index in [1.54, 1.807) is 40.7 Å². The van der Waals surface area contributed by atoms with Gasteiger partial charge in [0.15, 0.2) is 0 Å². The van der Waals surface area contributed by atoms with Gasteiger partial charge >= 0.3 is 0 Å². The molecule has 1 aromatic heterocycles. The maximum absolute atomic E-state index is 13.7. The Morgan fingerprint density at radius 1 is 1.13 bits per heavy atom. The van der Waals surface area contributed by atoms with Crippen molar-refractivity contribution in [2.75, 3.05) is 19.7 Å². The van der Waals surface area contributed by atoms with E-state index in [1.807, 2.05) is 6.20 Å². The number of aromatic amines is 1. The number of aromatic nitrogens is 1. The molecule has 0 atom stereocenters. The second kappa shape index (κ2) is 8.78. The van der Waals surface area contributed by atoms with E-state index in [1.165, 1.54) is 6.07 Å². The van der Waals surface area contributed by atoms with E-state index >= 15 is 0 Å². The molecule has 0 amide bonds. The molecule has 0 radical (unpaired) electrons. The molecule has 2 heterocycles. The molecule has 160 valence electrons. The van der Waals surface area contributed by atoms with Gasteiger partial charge in [-0.3, -0.25) is 0 Å². The Balaban J connectivity index is 1.43. The normalized spacial score (nSPS) is 16.2. The Labute approximate surface area is 176 Å². The van der Waals surface area contributed by atoms with Crippen molar-refractivity contribution >= 4 is 20.9 Å². The van der Waals surface area contributed by atoms with Crippen molar-refractivity contribution in [2.24, 2.45) is 0 Å². The van der Waals surface area contributed by atoms with Crippen molar-refractivity contribution < 1.29 is 17.5 Å². The Morgan fingerprint density at radius 3 is 2.57 bits per heavy atom. The molecular formula is C23H27FN2O3S. The summed E-state index contributed by atoms with van der Waals surface area (Å²) >= 11 is 0. The van der Waals surface area contributed by atoms with Crippen molar-refractivity contribution in [1.82, 2.24) is 9.29 Å². The first-order valence-corrected chi connectivity index (χ1v) is 11.9. The molecule has 3 aromatic rings. The molecule has 7 heteroatoms. The van der Waals surface area contributed by atoms with Gasteiger partial charge in [-0.15, -0.1) is 0 Å². The molecule has 2 aromatic carbocycles. The lowest BCUT2D eigenvalue weighted by molar-refractivity contribution is 0.309. The molecule has 4 rings (SSSR count). The summed E-state index contributed by atoms with van der Waals surface area (Å²) in [4.78, 5) is 3.48. The largest absolute Gasteiger partial charge is 0.494 e. The topological polar surface area (TPSA) is 62.4 Å². The molecule has 1 N–H and O–H groups in total. The Bertz CT molecular complexity index is 1100. The molecule has 0 aliphatic carbocycles. The maximum Gasteiger partial charge on any atom is 0.243 e. The Hall–Kier alpha value is -2.38. The lowest BCUT2D eigenvalue weighted by Crippen LogP contribution is -2.37. The number of ether oxygens (including phenoxy) is 1. The number of sulfonamides is 1. The van der Waals surface area contributed by atoms with E-state index in [0.717, 1.165) is 29.3 Å². The van der Waals surface area contributed by atoms with Gasteiger partial charge in [0.1, 0.15) is 11.6 Å². The highest BCUT2D eigenvalue weighted by molar-refractivity contribution is 7.89. The highest BCUT2D eigenvalue weighted by atomic mass is 32.2. The minimum atomic E-state index is -3.54. The van der Waals surface area contributed by atoms with Gasteiger partial charge in [0.2, 0.25) is 10.0 Å². The fourth-order valence-electron chi connectivity index (χ4n) is 4.05. The number of nitrogens with one attached hydrogen (secondary N) is 1. The van der Waals surface area contributed by atoms with Gasteiger partial charge in [-0.1, -0.05) is 13.3 Å². The summed E-state index contributed by atoms with van der Waals surface area (Å²) < 4.78 is 46.9. The van der Waals surface area contributed by atoms with Crippen molar-refractivity contribution in [2.45, 2.75) is 43.4 Å². The van der Waals surface area contributed by atoms with Crippen LogP contribution in [0, 0.1) is 5.82 Å². The quantitative estimate of drug-likeness (QED) is 0.533. The zero-order valence-corrected chi connectivity index (χ0v) is 17.9. The number of benzene rings is 2. The summed E-state index contributed by atoms with van der Waals surface area (Å²) in [5.74, 6) is 0.638. The molecule has 1 saturated heterocycles. The first-order chi connectivity index (χ1) is 14.5. The number of unbranched alkanes of at least 4 members (excludes halogenated alkanes) is 1. The van der Waals surface area contributed by atoms with Crippen LogP contribution in [0.15, 0.2) is 53.6 Å². The molecule has 0 saturated carbocycles. The van der Waals surface area contributed by atoms with Crippen LogP contribution < -0.4 is 4.74 Å². The summed E-state index contributed by atoms with van der Waals surface area (Å²) in [6.45, 7) is 3.63. The second-order valence-electron chi connectivity index (χ2n) is 7.79. The minimum absolute atomic E-state index is 0.210. The predicted molar refractivity (Wildman–Crippen MR) is 116 cm³/mol. The Kier molecular flexibility index (Phi) is 6.11. The first-order valence-electron chi connectivity index (χ1n) is 10.5. The number of H-pyrrole nitrogens is 1. The number of rotatable bonds is 7. The van der Waals surface area contributed by atoms with E-state index in [4.69, 9.17) is 4.74 Å². The zero-order valence-electron chi connectivity index (χ0n) is 17.1. The number of hydrogen-bond acceptors (Lipinski definition) is 3. The van der Waals surface area contributed by atoms with Crippen LogP contribution in [0.5, 0.6) is 5.75 Å². The van der Waals surface area contributed by atoms with E-state index in [9.17, 15) is 12.8 Å². The molecule has 0 spiro atoms. The number of piperidine rings is 1. The molecule has 1 aliphatic heterocycles. The van der Waals surface area contributed by atoms with Crippen LogP contribution in [0.25, 0.3) is 10.9 Å². The number of nitrogens with zero attached hydrogens (tertiary/aromatic N) is 1. The van der Waals surface area contributed by atoms with Crippen molar-refractivity contribution in [3.8, 4) is 5.75 Å². The van der Waals surface area contributed by atoms with Crippen LogP contribution >= 0.6 is 0 Å². The molecule has 1 fully saturated rings. The highest BCUT2D eigenvalue weighted by Gasteiger charge is 2.30. The summed E-state index contributed by atoms with van der Waals surface area (Å²) in [5.41, 5.74) is 1.97. The smallest absolute Gasteiger partial charge is 0.243 e. The summed E-state index contributed by atoms with van der Waals surface area (Å²) in [6, 6.07) is 11.4. The summed E-state index contributed by atoms with van der Waals surface area (Å²) in [7, 11) is -3.54. The number of halogens is 1. The predicted octanol–water partition coefficient (Wildman–Crippen LogP) is 5.05. The van der Waals surface area contributed by atoms with Gasteiger partial charge in [-0.25, -0.2) is 12.8 Å². The molecule has 5 nitrogen and oxygen atoms in total. The SMILES string of the molecule is CCCCOc1ccc(S(=O)(=O)N2CCC(c3c[nH]c4ccc(F)cc34)CC2)cc1. The van der Waals surface area contributed by atoms with Gasteiger partial charge in [-0.2, -0.15) is 4.31 Å². The van der Waals surface area contributed by atoms with Gasteiger partial charge in [0, 0.05) is 30.2 Å². The second-order valence-corrected chi connectivity index (χ2v) is 9.72. The van der Waals surface area contributed by atoms with Gasteiger partial charge in [-0.05, 0) is 73.2 Å². The van der Waals surface area contributed by atoms with E-state index in [2.05, 4.69) is 11.9 Å². The molecule has 1 aliphatic rings. The van der Waals surface area contributed by atoms with E-state index in [-0.39, 0.29) is 16.6 Å². The van der Waals surface area contributed by atoms with Crippen LogP contribution in [0.3, 0.4) is 0 Å². The van der Waals surface area contributed by atoms with Crippen molar-refractivity contribution in [3.05, 3.63) is 60.0 Å². The first kappa shape index (κ1) is 20.9. The van der Waals surface area contributed by atoms with Crippen molar-refractivity contribution in [3.63, 3.8) is 0 Å². The van der Waals surface area contributed by atoms with Crippen LogP contribution in [-0.2, 0) is 10.0 Å². The monoisotopic (exact) mass is 430 g/mol. The van der Waals surface area contributed by atoms with Gasteiger partial charge < -0.3 is 9.72 Å². The number of fused-ring (bicyclic) bond motifs is 1. The lowest BCUT2D eigenvalue weighted by Gasteiger charge is -2.31. The zero-order chi connectivity index (χ0) is 21.1. The average Bonchev–Trinajstić information content (AvgIpc) is 3.17. The average molecular weight is 431 g/mol. The highest BCUT2D eigenvalue weighted by Crippen LogP contribution is 2.35. The lowest BCUT2D eigenvalue weighted by atomic mass is 9.90. The van der Waals surface area contributed by atoms with E-state index in [0.29, 0.717) is 38.3 Å². The van der Waals surface area contributed by atoms with Gasteiger partial charge in [0.05, 0.1) is 11.5 Å². The summed E-state index contributed by atoms with van der Waals surface area (Å²) in [6.07, 6.45) is 5.37. The molecule has 0 bridgehead atoms. The fraction of sp³-hybridized carbons (Fsp3) is 0.391. The molecular weight excluding hydrogens is 403 g/mol. The molecule has 30 heavy (non-hydrogen) atoms. The van der Waals surface area contributed by atoms with Crippen LogP contribution in [0.1, 0.15) is 44.1 Å². The van der Waals surface area contributed by atoms with Crippen LogP contribution in [0.4, 0.5) is 4.39 Å². The molecule has 0 unspecified atom stereocenters. The minimum Gasteiger partial charge on any atom is -0.494 e. The number of hydrogen-bond donors (Lipinski definition) is 1. The van der Waals surface area contributed by atoms with Crippen molar-refractivity contribution in [1.29, 1.82) is 0 Å². The Morgan fingerprint density at radius 2 is 1.87 bits per heavy atom.